The Hall–Kier alpha value is -1.14. The molecule has 2 amide bonds. The molecule has 2 fully saturated rings. The lowest BCUT2D eigenvalue weighted by atomic mass is 10.1. The van der Waals surface area contributed by atoms with Gasteiger partial charge in [0, 0.05) is 11.1 Å². The molecule has 2 atom stereocenters. The summed E-state index contributed by atoms with van der Waals surface area (Å²) in [6.07, 6.45) is 3.33. The average Bonchev–Trinajstić information content (AvgIpc) is 3.15. The summed E-state index contributed by atoms with van der Waals surface area (Å²) in [4.78, 5) is 12.0. The number of amides is 2. The van der Waals surface area contributed by atoms with Crippen LogP contribution >= 0.6 is 15.9 Å². The highest BCUT2D eigenvalue weighted by Gasteiger charge is 2.41. The minimum atomic E-state index is -0.386. The molecule has 1 aromatic rings. The summed E-state index contributed by atoms with van der Waals surface area (Å²) >= 11 is 3.28. The fourth-order valence-corrected chi connectivity index (χ4v) is 2.92. The molecule has 108 valence electrons. The number of hydrogen-bond acceptors (Lipinski definition) is 2. The van der Waals surface area contributed by atoms with E-state index in [9.17, 15) is 9.18 Å². The zero-order valence-corrected chi connectivity index (χ0v) is 12.5. The van der Waals surface area contributed by atoms with Crippen LogP contribution in [-0.2, 0) is 4.74 Å². The van der Waals surface area contributed by atoms with Crippen molar-refractivity contribution in [1.29, 1.82) is 0 Å². The maximum atomic E-state index is 13.2. The van der Waals surface area contributed by atoms with E-state index in [-0.39, 0.29) is 24.0 Å². The monoisotopic (exact) mass is 342 g/mol. The third-order valence-electron chi connectivity index (χ3n) is 3.72. The average molecular weight is 343 g/mol. The van der Waals surface area contributed by atoms with Crippen molar-refractivity contribution in [1.82, 2.24) is 5.32 Å². The summed E-state index contributed by atoms with van der Waals surface area (Å²) in [6.45, 7) is 0.690. The molecule has 0 bridgehead atoms. The van der Waals surface area contributed by atoms with Gasteiger partial charge in [-0.25, -0.2) is 9.18 Å². The first-order valence-electron chi connectivity index (χ1n) is 6.77. The lowest BCUT2D eigenvalue weighted by molar-refractivity contribution is 0.0829. The first kappa shape index (κ1) is 13.8. The smallest absolute Gasteiger partial charge is 0.319 e. The molecule has 6 heteroatoms. The minimum Gasteiger partial charge on any atom is -0.376 e. The van der Waals surface area contributed by atoms with Gasteiger partial charge in [0.05, 0.1) is 17.8 Å². The zero-order valence-electron chi connectivity index (χ0n) is 10.9. The van der Waals surface area contributed by atoms with E-state index < -0.39 is 0 Å². The van der Waals surface area contributed by atoms with Gasteiger partial charge in [-0.3, -0.25) is 0 Å². The normalized spacial score (nSPS) is 25.5. The maximum absolute atomic E-state index is 13.2. The lowest BCUT2D eigenvalue weighted by Gasteiger charge is -2.20. The third-order valence-corrected chi connectivity index (χ3v) is 4.41. The molecule has 20 heavy (non-hydrogen) atoms. The number of hydrogen-bond donors (Lipinski definition) is 2. The van der Waals surface area contributed by atoms with Gasteiger partial charge in [0.1, 0.15) is 5.82 Å². The van der Waals surface area contributed by atoms with Crippen LogP contribution in [0.15, 0.2) is 22.7 Å². The number of halogens is 2. The van der Waals surface area contributed by atoms with Gasteiger partial charge >= 0.3 is 6.03 Å². The Labute approximate surface area is 125 Å². The number of carbonyl (C=O) groups is 1. The fourth-order valence-electron chi connectivity index (χ4n) is 2.58. The van der Waals surface area contributed by atoms with E-state index in [2.05, 4.69) is 26.6 Å². The maximum Gasteiger partial charge on any atom is 0.319 e. The molecule has 1 saturated heterocycles. The second-order valence-corrected chi connectivity index (χ2v) is 6.14. The molecule has 1 aromatic carbocycles. The summed E-state index contributed by atoms with van der Waals surface area (Å²) < 4.78 is 19.5. The largest absolute Gasteiger partial charge is 0.376 e. The van der Waals surface area contributed by atoms with Crippen molar-refractivity contribution >= 4 is 27.6 Å². The third kappa shape index (κ3) is 3.12. The summed E-state index contributed by atoms with van der Waals surface area (Å²) in [5.41, 5.74) is 0.421. The van der Waals surface area contributed by atoms with Crippen LogP contribution < -0.4 is 10.6 Å². The molecule has 1 aliphatic heterocycles. The number of anilines is 1. The van der Waals surface area contributed by atoms with Crippen molar-refractivity contribution < 1.29 is 13.9 Å². The van der Waals surface area contributed by atoms with Crippen molar-refractivity contribution in [3.63, 3.8) is 0 Å². The predicted molar refractivity (Wildman–Crippen MR) is 77.1 cm³/mol. The number of urea groups is 1. The van der Waals surface area contributed by atoms with Crippen molar-refractivity contribution in [3.05, 3.63) is 28.5 Å². The van der Waals surface area contributed by atoms with Gasteiger partial charge in [-0.1, -0.05) is 0 Å². The molecule has 0 aromatic heterocycles. The van der Waals surface area contributed by atoms with Crippen LogP contribution in [0.3, 0.4) is 0 Å². The van der Waals surface area contributed by atoms with Gasteiger partial charge in [0.25, 0.3) is 0 Å². The van der Waals surface area contributed by atoms with Gasteiger partial charge in [-0.05, 0) is 59.3 Å². The van der Waals surface area contributed by atoms with Crippen LogP contribution in [0.4, 0.5) is 14.9 Å². The first-order chi connectivity index (χ1) is 9.63. The van der Waals surface area contributed by atoms with Crippen LogP contribution in [0.25, 0.3) is 0 Å². The summed E-state index contributed by atoms with van der Waals surface area (Å²) in [7, 11) is 0. The molecular formula is C14H16BrFN2O2. The summed E-state index contributed by atoms with van der Waals surface area (Å²) in [5, 5.41) is 5.59. The van der Waals surface area contributed by atoms with Gasteiger partial charge in [0.15, 0.2) is 0 Å². The van der Waals surface area contributed by atoms with E-state index >= 15 is 0 Å². The highest BCUT2D eigenvalue weighted by Crippen LogP contribution is 2.38. The second-order valence-electron chi connectivity index (χ2n) is 5.29. The van der Waals surface area contributed by atoms with E-state index in [4.69, 9.17) is 4.74 Å². The van der Waals surface area contributed by atoms with E-state index in [0.717, 1.165) is 6.42 Å². The zero-order chi connectivity index (χ0) is 14.1. The van der Waals surface area contributed by atoms with E-state index in [1.54, 1.807) is 6.07 Å². The Bertz CT molecular complexity index is 522. The SMILES string of the molecule is O=C(Nc1cc(F)ccc1Br)N[C@@H]1CCO[C@H]1C1CC1. The van der Waals surface area contributed by atoms with Crippen molar-refractivity contribution in [3.8, 4) is 0 Å². The molecule has 2 aliphatic rings. The highest BCUT2D eigenvalue weighted by atomic mass is 79.9. The topological polar surface area (TPSA) is 50.4 Å². The molecular weight excluding hydrogens is 327 g/mol. The number of rotatable bonds is 3. The van der Waals surface area contributed by atoms with Crippen LogP contribution in [0.1, 0.15) is 19.3 Å². The Balaban J connectivity index is 1.60. The van der Waals surface area contributed by atoms with Crippen LogP contribution in [0, 0.1) is 11.7 Å². The second kappa shape index (κ2) is 5.69. The van der Waals surface area contributed by atoms with E-state index in [1.807, 2.05) is 0 Å². The summed E-state index contributed by atoms with van der Waals surface area (Å²) in [5.74, 6) is 0.201. The minimum absolute atomic E-state index is 0.0508. The molecule has 4 nitrogen and oxygen atoms in total. The Kier molecular flexibility index (Phi) is 3.94. The molecule has 1 heterocycles. The van der Waals surface area contributed by atoms with Gasteiger partial charge in [0.2, 0.25) is 0 Å². The predicted octanol–water partition coefficient (Wildman–Crippen LogP) is 3.28. The number of ether oxygens (including phenoxy) is 1. The van der Waals surface area contributed by atoms with Crippen LogP contribution in [-0.4, -0.2) is 24.8 Å². The van der Waals surface area contributed by atoms with Crippen LogP contribution in [0.2, 0.25) is 0 Å². The molecule has 2 N–H and O–H groups in total. The molecule has 0 radical (unpaired) electrons. The van der Waals surface area contributed by atoms with Crippen molar-refractivity contribution in [2.75, 3.05) is 11.9 Å². The lowest BCUT2D eigenvalue weighted by Crippen LogP contribution is -2.43. The molecule has 0 spiro atoms. The molecule has 1 aliphatic carbocycles. The molecule has 0 unspecified atom stereocenters. The standard InChI is InChI=1S/C14H16BrFN2O2/c15-10-4-3-9(16)7-12(10)18-14(19)17-11-5-6-20-13(11)8-1-2-8/h3-4,7-8,11,13H,1-2,5-6H2,(H2,17,18,19)/t11-,13+/m1/s1. The number of nitrogens with one attached hydrogen (secondary N) is 2. The summed E-state index contributed by atoms with van der Waals surface area (Å²) in [6, 6.07) is 3.91. The van der Waals surface area contributed by atoms with Crippen molar-refractivity contribution in [2.45, 2.75) is 31.4 Å². The Morgan fingerprint density at radius 2 is 2.15 bits per heavy atom. The molecule has 3 rings (SSSR count). The van der Waals surface area contributed by atoms with Gasteiger partial charge in [-0.2, -0.15) is 0 Å². The van der Waals surface area contributed by atoms with E-state index in [0.29, 0.717) is 22.7 Å². The van der Waals surface area contributed by atoms with Gasteiger partial charge < -0.3 is 15.4 Å². The Morgan fingerprint density at radius 1 is 1.35 bits per heavy atom. The fraction of sp³-hybridized carbons (Fsp3) is 0.500. The highest BCUT2D eigenvalue weighted by molar-refractivity contribution is 9.10. The number of carbonyl (C=O) groups excluding carboxylic acids is 1. The van der Waals surface area contributed by atoms with Crippen LogP contribution in [0.5, 0.6) is 0 Å². The Morgan fingerprint density at radius 3 is 2.90 bits per heavy atom. The first-order valence-corrected chi connectivity index (χ1v) is 7.57. The number of benzene rings is 1. The van der Waals surface area contributed by atoms with Crippen molar-refractivity contribution in [2.24, 2.45) is 5.92 Å². The quantitative estimate of drug-likeness (QED) is 0.885. The van der Waals surface area contributed by atoms with Gasteiger partial charge in [-0.15, -0.1) is 0 Å². The van der Waals surface area contributed by atoms with E-state index in [1.165, 1.54) is 25.0 Å². The molecule has 1 saturated carbocycles.